The van der Waals surface area contributed by atoms with E-state index < -0.39 is 6.04 Å². The number of anilines is 1. The van der Waals surface area contributed by atoms with Crippen LogP contribution in [0.4, 0.5) is 5.69 Å². The van der Waals surface area contributed by atoms with E-state index in [1.54, 1.807) is 18.6 Å². The fraction of sp³-hybridized carbons (Fsp3) is 0.167. The molecule has 0 fully saturated rings. The Morgan fingerprint density at radius 1 is 1.05 bits per heavy atom. The molecule has 192 valence electrons. The number of hydrogen-bond acceptors (Lipinski definition) is 6. The Hall–Kier alpha value is -4.43. The zero-order chi connectivity index (χ0) is 26.6. The number of para-hydroxylation sites is 1. The molecule has 1 aromatic heterocycles. The summed E-state index contributed by atoms with van der Waals surface area (Å²) in [7, 11) is 1.59. The van der Waals surface area contributed by atoms with Crippen molar-refractivity contribution in [3.05, 3.63) is 121 Å². The fourth-order valence-corrected chi connectivity index (χ4v) is 5.52. The molecule has 0 spiro atoms. The van der Waals surface area contributed by atoms with Crippen molar-refractivity contribution >= 4 is 29.0 Å². The van der Waals surface area contributed by atoms with Gasteiger partial charge in [-0.05, 0) is 67.4 Å². The van der Waals surface area contributed by atoms with E-state index in [4.69, 9.17) is 14.5 Å². The molecule has 1 aliphatic rings. The van der Waals surface area contributed by atoms with Gasteiger partial charge in [-0.15, -0.1) is 0 Å². The minimum Gasteiger partial charge on any atom is -0.497 e. The lowest BCUT2D eigenvalue weighted by atomic mass is 9.95. The van der Waals surface area contributed by atoms with Crippen molar-refractivity contribution < 1.29 is 14.3 Å². The molecule has 1 aliphatic heterocycles. The summed E-state index contributed by atoms with van der Waals surface area (Å²) >= 11 is 1.30. The molecule has 0 unspecified atom stereocenters. The van der Waals surface area contributed by atoms with E-state index in [-0.39, 0.29) is 11.5 Å². The van der Waals surface area contributed by atoms with Gasteiger partial charge in [-0.1, -0.05) is 53.8 Å². The van der Waals surface area contributed by atoms with Crippen LogP contribution in [0.2, 0.25) is 0 Å². The number of allylic oxidation sites excluding steroid dienone is 1. The number of nitrogens with zero attached hydrogens (tertiary/aromatic N) is 2. The molecule has 7 nitrogen and oxygen atoms in total. The summed E-state index contributed by atoms with van der Waals surface area (Å²) < 4.78 is 13.2. The molecule has 38 heavy (non-hydrogen) atoms. The molecular formula is C30H27N3O4S. The lowest BCUT2D eigenvalue weighted by molar-refractivity contribution is -0.113. The normalized spacial score (nSPS) is 15.0. The number of carbonyl (C=O) groups is 1. The number of ether oxygens (including phenoxy) is 2. The summed E-state index contributed by atoms with van der Waals surface area (Å²) in [6.45, 7) is 4.28. The average Bonchev–Trinajstić information content (AvgIpc) is 3.22. The van der Waals surface area contributed by atoms with Gasteiger partial charge in [-0.25, -0.2) is 4.99 Å². The van der Waals surface area contributed by atoms with Crippen LogP contribution >= 0.6 is 11.3 Å². The number of thiazole rings is 1. The lowest BCUT2D eigenvalue weighted by Gasteiger charge is -2.25. The monoisotopic (exact) mass is 525 g/mol. The van der Waals surface area contributed by atoms with Crippen LogP contribution in [0.3, 0.4) is 0 Å². The van der Waals surface area contributed by atoms with Crippen LogP contribution in [0.1, 0.15) is 31.0 Å². The number of fused-ring (bicyclic) bond motifs is 1. The third kappa shape index (κ3) is 5.03. The summed E-state index contributed by atoms with van der Waals surface area (Å²) in [5.41, 5.74) is 2.99. The molecule has 0 aliphatic carbocycles. The van der Waals surface area contributed by atoms with Crippen LogP contribution in [0, 0.1) is 0 Å². The SMILES string of the molecule is CCOc1cccc(/C=c2\sc3n(c2=O)[C@H](c2cccc(OC)c2)C(C(=O)Nc2ccccc2)=C(C)N=3)c1. The minimum absolute atomic E-state index is 0.221. The van der Waals surface area contributed by atoms with Crippen molar-refractivity contribution in [1.29, 1.82) is 0 Å². The van der Waals surface area contributed by atoms with E-state index >= 15 is 0 Å². The number of benzene rings is 3. The molecule has 0 bridgehead atoms. The summed E-state index contributed by atoms with van der Waals surface area (Å²) in [5, 5.41) is 2.96. The Morgan fingerprint density at radius 2 is 1.82 bits per heavy atom. The molecule has 3 aromatic carbocycles. The minimum atomic E-state index is -0.679. The van der Waals surface area contributed by atoms with Gasteiger partial charge in [0.1, 0.15) is 11.5 Å². The van der Waals surface area contributed by atoms with Gasteiger partial charge < -0.3 is 14.8 Å². The quantitative estimate of drug-likeness (QED) is 0.391. The molecule has 0 saturated heterocycles. The van der Waals surface area contributed by atoms with Crippen LogP contribution in [0.5, 0.6) is 11.5 Å². The predicted molar refractivity (Wildman–Crippen MR) is 149 cm³/mol. The van der Waals surface area contributed by atoms with Crippen molar-refractivity contribution in [3.63, 3.8) is 0 Å². The van der Waals surface area contributed by atoms with Crippen LogP contribution in [0.15, 0.2) is 99.9 Å². The Balaban J connectivity index is 1.66. The largest absolute Gasteiger partial charge is 0.497 e. The van der Waals surface area contributed by atoms with Gasteiger partial charge in [0.05, 0.1) is 35.6 Å². The number of methoxy groups -OCH3 is 1. The predicted octanol–water partition coefficient (Wildman–Crippen LogP) is 4.28. The molecular weight excluding hydrogens is 498 g/mol. The average molecular weight is 526 g/mol. The highest BCUT2D eigenvalue weighted by Crippen LogP contribution is 2.32. The number of nitrogens with one attached hydrogen (secondary N) is 1. The molecule has 1 amide bonds. The van der Waals surface area contributed by atoms with Gasteiger partial charge in [-0.2, -0.15) is 0 Å². The first kappa shape index (κ1) is 25.2. The first-order chi connectivity index (χ1) is 18.5. The Morgan fingerprint density at radius 3 is 2.58 bits per heavy atom. The first-order valence-corrected chi connectivity index (χ1v) is 13.1. The van der Waals surface area contributed by atoms with E-state index in [0.29, 0.717) is 38.6 Å². The second-order valence-electron chi connectivity index (χ2n) is 8.68. The molecule has 0 radical (unpaired) electrons. The van der Waals surface area contributed by atoms with Crippen LogP contribution < -0.4 is 29.7 Å². The standard InChI is InChI=1S/C30H27N3O4S/c1-4-37-24-15-8-10-20(16-24)17-25-29(35)33-27(21-11-9-14-23(18-21)36-3)26(19(2)31-30(33)38-25)28(34)32-22-12-6-5-7-13-22/h5-18,27H,4H2,1-3H3,(H,32,34)/b25-17-/t27-/m1/s1. The van der Waals surface area contributed by atoms with Crippen LogP contribution in [-0.2, 0) is 4.79 Å². The maximum atomic E-state index is 13.9. The van der Waals surface area contributed by atoms with Gasteiger partial charge in [0.2, 0.25) is 0 Å². The van der Waals surface area contributed by atoms with E-state index in [1.165, 1.54) is 11.3 Å². The van der Waals surface area contributed by atoms with Gasteiger partial charge in [0.25, 0.3) is 11.5 Å². The zero-order valence-electron chi connectivity index (χ0n) is 21.3. The molecule has 4 aromatic rings. The third-order valence-corrected chi connectivity index (χ3v) is 7.16. The molecule has 1 N–H and O–H groups in total. The van der Waals surface area contributed by atoms with E-state index in [1.807, 2.05) is 91.9 Å². The second kappa shape index (κ2) is 10.9. The number of aromatic nitrogens is 1. The van der Waals surface area contributed by atoms with Crippen molar-refractivity contribution in [2.24, 2.45) is 4.99 Å². The molecule has 1 atom stereocenters. The van der Waals surface area contributed by atoms with Gasteiger partial charge in [-0.3, -0.25) is 14.2 Å². The summed E-state index contributed by atoms with van der Waals surface area (Å²) in [4.78, 5) is 32.7. The topological polar surface area (TPSA) is 81.9 Å². The van der Waals surface area contributed by atoms with Crippen molar-refractivity contribution in [3.8, 4) is 11.5 Å². The fourth-order valence-electron chi connectivity index (χ4n) is 4.47. The number of carbonyl (C=O) groups excluding carboxylic acids is 1. The third-order valence-electron chi connectivity index (χ3n) is 6.17. The first-order valence-electron chi connectivity index (χ1n) is 12.2. The molecule has 8 heteroatoms. The highest BCUT2D eigenvalue weighted by atomic mass is 32.1. The van der Waals surface area contributed by atoms with E-state index in [0.717, 1.165) is 16.9 Å². The summed E-state index contributed by atoms with van der Waals surface area (Å²) in [6.07, 6.45) is 1.83. The number of hydrogen-bond donors (Lipinski definition) is 1. The molecule has 5 rings (SSSR count). The summed E-state index contributed by atoms with van der Waals surface area (Å²) in [5.74, 6) is 1.05. The second-order valence-corrected chi connectivity index (χ2v) is 9.69. The van der Waals surface area contributed by atoms with Gasteiger partial charge in [0, 0.05) is 5.69 Å². The Bertz CT molecular complexity index is 1700. The van der Waals surface area contributed by atoms with Crippen LogP contribution in [-0.4, -0.2) is 24.2 Å². The number of rotatable bonds is 7. The van der Waals surface area contributed by atoms with Crippen LogP contribution in [0.25, 0.3) is 6.08 Å². The van der Waals surface area contributed by atoms with Crippen molar-refractivity contribution in [2.75, 3.05) is 19.0 Å². The van der Waals surface area contributed by atoms with E-state index in [2.05, 4.69) is 5.32 Å². The lowest BCUT2D eigenvalue weighted by Crippen LogP contribution is -2.40. The number of amides is 1. The maximum absolute atomic E-state index is 13.9. The smallest absolute Gasteiger partial charge is 0.271 e. The highest BCUT2D eigenvalue weighted by molar-refractivity contribution is 7.07. The van der Waals surface area contributed by atoms with Crippen molar-refractivity contribution in [1.82, 2.24) is 4.57 Å². The van der Waals surface area contributed by atoms with Crippen molar-refractivity contribution in [2.45, 2.75) is 19.9 Å². The van der Waals surface area contributed by atoms with E-state index in [9.17, 15) is 9.59 Å². The molecule has 0 saturated carbocycles. The Labute approximate surface area is 224 Å². The van der Waals surface area contributed by atoms with Gasteiger partial charge in [0.15, 0.2) is 4.80 Å². The van der Waals surface area contributed by atoms with Gasteiger partial charge >= 0.3 is 0 Å². The summed E-state index contributed by atoms with van der Waals surface area (Å²) in [6, 6.07) is 23.6. The highest BCUT2D eigenvalue weighted by Gasteiger charge is 2.32. The maximum Gasteiger partial charge on any atom is 0.271 e. The molecule has 2 heterocycles. The Kier molecular flexibility index (Phi) is 7.24. The zero-order valence-corrected chi connectivity index (χ0v) is 22.1.